The third kappa shape index (κ3) is 4.64. The van der Waals surface area contributed by atoms with Crippen LogP contribution in [0.3, 0.4) is 0 Å². The van der Waals surface area contributed by atoms with Gasteiger partial charge in [-0.05, 0) is 39.3 Å². The van der Waals surface area contributed by atoms with Crippen LogP contribution in [0.4, 0.5) is 0 Å². The Bertz CT molecular complexity index is 636. The molecule has 5 nitrogen and oxygen atoms in total. The molecule has 1 aromatic rings. The number of nitrogens with zero attached hydrogens (tertiary/aromatic N) is 3. The summed E-state index contributed by atoms with van der Waals surface area (Å²) in [6.45, 7) is 10.7. The van der Waals surface area contributed by atoms with Gasteiger partial charge in [-0.15, -0.1) is 0 Å². The van der Waals surface area contributed by atoms with Crippen LogP contribution >= 0.6 is 0 Å². The van der Waals surface area contributed by atoms with E-state index in [0.717, 1.165) is 70.9 Å². The van der Waals surface area contributed by atoms with Crippen molar-refractivity contribution in [2.75, 3.05) is 46.4 Å². The number of hydrogen-bond acceptors (Lipinski definition) is 4. The maximum Gasteiger partial charge on any atom is 0.222 e. The predicted molar refractivity (Wildman–Crippen MR) is 109 cm³/mol. The molecule has 1 aromatic carbocycles. The van der Waals surface area contributed by atoms with E-state index in [0.29, 0.717) is 12.3 Å². The fourth-order valence-electron chi connectivity index (χ4n) is 4.47. The summed E-state index contributed by atoms with van der Waals surface area (Å²) < 4.78 is 5.96. The van der Waals surface area contributed by atoms with Crippen LogP contribution in [0.15, 0.2) is 24.3 Å². The average Bonchev–Trinajstić information content (AvgIpc) is 2.84. The van der Waals surface area contributed by atoms with Crippen LogP contribution in [-0.2, 0) is 11.3 Å². The SMILES string of the molecule is CCCOc1ccccc1CN1CCN(C)C2(CCC(=O)N(CC)CC2)C1. The standard InChI is InChI=1S/C22H35N3O2/c1-4-16-27-20-9-7-6-8-19(20)17-24-15-14-23(3)22(18-24)11-10-21(26)25(5-2)13-12-22/h6-9H,4-5,10-18H2,1-3H3. The van der Waals surface area contributed by atoms with Crippen molar-refractivity contribution in [3.05, 3.63) is 29.8 Å². The molecule has 2 fully saturated rings. The van der Waals surface area contributed by atoms with E-state index in [2.05, 4.69) is 55.0 Å². The second-order valence-electron chi connectivity index (χ2n) is 8.04. The lowest BCUT2D eigenvalue weighted by atomic mass is 9.86. The van der Waals surface area contributed by atoms with Gasteiger partial charge >= 0.3 is 0 Å². The van der Waals surface area contributed by atoms with Crippen LogP contribution in [0.5, 0.6) is 5.75 Å². The molecular weight excluding hydrogens is 338 g/mol. The summed E-state index contributed by atoms with van der Waals surface area (Å²) in [7, 11) is 2.24. The Morgan fingerprint density at radius 3 is 2.70 bits per heavy atom. The third-order valence-corrected chi connectivity index (χ3v) is 6.29. The zero-order valence-electron chi connectivity index (χ0n) is 17.2. The summed E-state index contributed by atoms with van der Waals surface area (Å²) in [5.74, 6) is 1.33. The van der Waals surface area contributed by atoms with Crippen molar-refractivity contribution < 1.29 is 9.53 Å². The lowest BCUT2D eigenvalue weighted by Gasteiger charge is -2.49. The minimum absolute atomic E-state index is 0.108. The van der Waals surface area contributed by atoms with Crippen LogP contribution in [-0.4, -0.2) is 72.5 Å². The molecule has 0 N–H and O–H groups in total. The first-order valence-electron chi connectivity index (χ1n) is 10.5. The molecule has 5 heteroatoms. The van der Waals surface area contributed by atoms with E-state index in [4.69, 9.17) is 4.74 Å². The van der Waals surface area contributed by atoms with E-state index in [1.54, 1.807) is 0 Å². The van der Waals surface area contributed by atoms with Gasteiger partial charge in [0, 0.05) is 56.8 Å². The lowest BCUT2D eigenvalue weighted by Crippen LogP contribution is -2.60. The van der Waals surface area contributed by atoms with Crippen LogP contribution < -0.4 is 4.74 Å². The van der Waals surface area contributed by atoms with Gasteiger partial charge in [-0.25, -0.2) is 0 Å². The molecule has 0 saturated carbocycles. The van der Waals surface area contributed by atoms with E-state index in [1.165, 1.54) is 5.56 Å². The van der Waals surface area contributed by atoms with E-state index in [1.807, 2.05) is 4.90 Å². The highest BCUT2D eigenvalue weighted by Crippen LogP contribution is 2.33. The molecule has 3 rings (SSSR count). The Labute approximate surface area is 164 Å². The van der Waals surface area contributed by atoms with Crippen LogP contribution in [0, 0.1) is 0 Å². The zero-order chi connectivity index (χ0) is 19.3. The fourth-order valence-corrected chi connectivity index (χ4v) is 4.47. The Morgan fingerprint density at radius 2 is 1.93 bits per heavy atom. The van der Waals surface area contributed by atoms with Crippen LogP contribution in [0.25, 0.3) is 0 Å². The Morgan fingerprint density at radius 1 is 1.11 bits per heavy atom. The van der Waals surface area contributed by atoms with Gasteiger partial charge in [0.2, 0.25) is 5.91 Å². The third-order valence-electron chi connectivity index (χ3n) is 6.29. The number of para-hydroxylation sites is 1. The predicted octanol–water partition coefficient (Wildman–Crippen LogP) is 2.99. The molecule has 0 aliphatic carbocycles. The minimum atomic E-state index is 0.108. The summed E-state index contributed by atoms with van der Waals surface area (Å²) in [6.07, 6.45) is 3.72. The number of ether oxygens (including phenoxy) is 1. The van der Waals surface area contributed by atoms with Gasteiger partial charge in [0.05, 0.1) is 6.61 Å². The van der Waals surface area contributed by atoms with Crippen molar-refractivity contribution >= 4 is 5.91 Å². The maximum absolute atomic E-state index is 12.4. The van der Waals surface area contributed by atoms with Crippen molar-refractivity contribution in [1.82, 2.24) is 14.7 Å². The summed E-state index contributed by atoms with van der Waals surface area (Å²) in [5, 5.41) is 0. The zero-order valence-corrected chi connectivity index (χ0v) is 17.2. The van der Waals surface area contributed by atoms with E-state index < -0.39 is 0 Å². The van der Waals surface area contributed by atoms with Crippen molar-refractivity contribution in [1.29, 1.82) is 0 Å². The Kier molecular flexibility index (Phi) is 6.77. The lowest BCUT2D eigenvalue weighted by molar-refractivity contribution is -0.130. The highest BCUT2D eigenvalue weighted by molar-refractivity contribution is 5.76. The number of rotatable bonds is 6. The highest BCUT2D eigenvalue weighted by atomic mass is 16.5. The smallest absolute Gasteiger partial charge is 0.222 e. The van der Waals surface area contributed by atoms with Gasteiger partial charge in [0.25, 0.3) is 0 Å². The molecule has 2 aliphatic heterocycles. The van der Waals surface area contributed by atoms with Gasteiger partial charge in [-0.1, -0.05) is 25.1 Å². The number of benzene rings is 1. The van der Waals surface area contributed by atoms with Crippen molar-refractivity contribution in [3.63, 3.8) is 0 Å². The molecule has 1 atom stereocenters. The number of amides is 1. The molecule has 2 aliphatic rings. The molecule has 0 bridgehead atoms. The second kappa shape index (κ2) is 9.07. The number of piperazine rings is 1. The average molecular weight is 374 g/mol. The van der Waals surface area contributed by atoms with Crippen LogP contribution in [0.1, 0.15) is 45.1 Å². The molecule has 2 saturated heterocycles. The first kappa shape index (κ1) is 20.2. The summed E-state index contributed by atoms with van der Waals surface area (Å²) in [6, 6.07) is 8.42. The summed E-state index contributed by atoms with van der Waals surface area (Å²) >= 11 is 0. The van der Waals surface area contributed by atoms with Gasteiger partial charge in [-0.3, -0.25) is 14.6 Å². The molecular formula is C22H35N3O2. The molecule has 27 heavy (non-hydrogen) atoms. The number of likely N-dealkylation sites (tertiary alicyclic amines) is 1. The largest absolute Gasteiger partial charge is 0.493 e. The fraction of sp³-hybridized carbons (Fsp3) is 0.682. The molecule has 0 radical (unpaired) electrons. The van der Waals surface area contributed by atoms with Gasteiger partial charge in [0.15, 0.2) is 0 Å². The number of carbonyl (C=O) groups excluding carboxylic acids is 1. The van der Waals surface area contributed by atoms with Crippen LogP contribution in [0.2, 0.25) is 0 Å². The maximum atomic E-state index is 12.4. The molecule has 1 spiro atoms. The molecule has 1 amide bonds. The van der Waals surface area contributed by atoms with Gasteiger partial charge < -0.3 is 9.64 Å². The number of likely N-dealkylation sites (N-methyl/N-ethyl adjacent to an activating group) is 1. The molecule has 0 aromatic heterocycles. The highest BCUT2D eigenvalue weighted by Gasteiger charge is 2.42. The van der Waals surface area contributed by atoms with Gasteiger partial charge in [-0.2, -0.15) is 0 Å². The summed E-state index contributed by atoms with van der Waals surface area (Å²) in [4.78, 5) is 19.5. The van der Waals surface area contributed by atoms with E-state index in [9.17, 15) is 4.79 Å². The summed E-state index contributed by atoms with van der Waals surface area (Å²) in [5.41, 5.74) is 1.38. The molecule has 2 heterocycles. The topological polar surface area (TPSA) is 36.0 Å². The number of hydrogen-bond donors (Lipinski definition) is 0. The second-order valence-corrected chi connectivity index (χ2v) is 8.04. The number of carbonyl (C=O) groups is 1. The van der Waals surface area contributed by atoms with Gasteiger partial charge in [0.1, 0.15) is 5.75 Å². The van der Waals surface area contributed by atoms with E-state index in [-0.39, 0.29) is 5.54 Å². The molecule has 1 unspecified atom stereocenters. The Hall–Kier alpha value is -1.59. The van der Waals surface area contributed by atoms with E-state index >= 15 is 0 Å². The van der Waals surface area contributed by atoms with Crippen molar-refractivity contribution in [3.8, 4) is 5.75 Å². The van der Waals surface area contributed by atoms with Crippen molar-refractivity contribution in [2.24, 2.45) is 0 Å². The van der Waals surface area contributed by atoms with Crippen molar-refractivity contribution in [2.45, 2.75) is 51.6 Å². The minimum Gasteiger partial charge on any atom is -0.493 e. The normalized spacial score (nSPS) is 25.0. The Balaban J connectivity index is 1.71. The quantitative estimate of drug-likeness (QED) is 0.768. The molecule has 150 valence electrons. The first-order chi connectivity index (χ1) is 13.1. The first-order valence-corrected chi connectivity index (χ1v) is 10.5. The monoisotopic (exact) mass is 373 g/mol.